The Balaban J connectivity index is 1.36. The highest BCUT2D eigenvalue weighted by molar-refractivity contribution is 7.20. The lowest BCUT2D eigenvalue weighted by Crippen LogP contribution is -2.47. The molecule has 0 unspecified atom stereocenters. The van der Waals surface area contributed by atoms with E-state index in [1.165, 1.54) is 11.3 Å². The summed E-state index contributed by atoms with van der Waals surface area (Å²) in [6.45, 7) is 7.34. The fourth-order valence-electron chi connectivity index (χ4n) is 4.14. The Kier molecular flexibility index (Phi) is 7.67. The molecule has 2 N–H and O–H groups in total. The van der Waals surface area contributed by atoms with Crippen molar-refractivity contribution >= 4 is 45.0 Å². The number of likely N-dealkylation sites (tertiary alicyclic amines) is 1. The van der Waals surface area contributed by atoms with Gasteiger partial charge in [-0.05, 0) is 43.9 Å². The molecule has 176 valence electrons. The number of hydrogen-bond donors (Lipinski definition) is 2. The Labute approximate surface area is 203 Å². The summed E-state index contributed by atoms with van der Waals surface area (Å²) >= 11 is 7.79. The van der Waals surface area contributed by atoms with Gasteiger partial charge < -0.3 is 10.6 Å². The number of halogens is 1. The third-order valence-electron chi connectivity index (χ3n) is 5.97. The third kappa shape index (κ3) is 5.75. The Hall–Kier alpha value is -2.42. The maximum absolute atomic E-state index is 13.0. The Morgan fingerprint density at radius 1 is 1.24 bits per heavy atom. The average molecular weight is 488 g/mol. The van der Waals surface area contributed by atoms with Crippen LogP contribution in [0.2, 0.25) is 5.02 Å². The second-order valence-corrected chi connectivity index (χ2v) is 9.98. The molecule has 2 aromatic heterocycles. The minimum atomic E-state index is -0.0426. The van der Waals surface area contributed by atoms with Crippen LogP contribution in [-0.4, -0.2) is 58.7 Å². The lowest BCUT2D eigenvalue weighted by Gasteiger charge is -2.31. The van der Waals surface area contributed by atoms with Crippen molar-refractivity contribution in [2.75, 3.05) is 26.2 Å². The summed E-state index contributed by atoms with van der Waals surface area (Å²) in [5.74, 6) is 0.0323. The average Bonchev–Trinajstić information content (AvgIpc) is 3.36. The smallest absolute Gasteiger partial charge is 0.261 e. The van der Waals surface area contributed by atoms with Crippen molar-refractivity contribution in [3.05, 3.63) is 51.5 Å². The van der Waals surface area contributed by atoms with Gasteiger partial charge in [0.2, 0.25) is 5.91 Å². The Bertz CT molecular complexity index is 1130. The van der Waals surface area contributed by atoms with E-state index in [2.05, 4.69) is 20.6 Å². The summed E-state index contributed by atoms with van der Waals surface area (Å²) in [6, 6.07) is 9.80. The molecule has 33 heavy (non-hydrogen) atoms. The number of nitrogens with one attached hydrogen (secondary N) is 2. The van der Waals surface area contributed by atoms with Gasteiger partial charge in [-0.3, -0.25) is 19.2 Å². The highest BCUT2D eigenvalue weighted by Gasteiger charge is 2.24. The predicted octanol–water partition coefficient (Wildman–Crippen LogP) is 3.83. The standard InChI is InChI=1S/C24H30ClN5O2S/c1-3-10-26-22(31)15-29-11-8-18(9-12-29)27-23(32)21-13-19-16(2)28-30(24(19)33-21)14-17-6-4-5-7-20(17)25/h4-7,13,18H,3,8-12,14-15H2,1-2H3,(H,26,31)(H,27,32). The number of piperidine rings is 1. The molecule has 1 saturated heterocycles. The minimum Gasteiger partial charge on any atom is -0.355 e. The van der Waals surface area contributed by atoms with Crippen LogP contribution in [0.5, 0.6) is 0 Å². The van der Waals surface area contributed by atoms with Gasteiger partial charge in [0, 0.05) is 36.1 Å². The highest BCUT2D eigenvalue weighted by Crippen LogP contribution is 2.30. The Morgan fingerprint density at radius 2 is 2.00 bits per heavy atom. The van der Waals surface area contributed by atoms with E-state index in [1.54, 1.807) is 0 Å². The molecular formula is C24H30ClN5O2S. The topological polar surface area (TPSA) is 79.3 Å². The van der Waals surface area contributed by atoms with Crippen molar-refractivity contribution in [3.63, 3.8) is 0 Å². The van der Waals surface area contributed by atoms with E-state index in [0.29, 0.717) is 23.0 Å². The molecule has 0 spiro atoms. The van der Waals surface area contributed by atoms with E-state index in [0.717, 1.165) is 60.4 Å². The van der Waals surface area contributed by atoms with Crippen LogP contribution in [-0.2, 0) is 11.3 Å². The fourth-order valence-corrected chi connectivity index (χ4v) is 5.39. The van der Waals surface area contributed by atoms with Crippen molar-refractivity contribution in [2.45, 2.75) is 45.7 Å². The van der Waals surface area contributed by atoms with E-state index in [4.69, 9.17) is 11.6 Å². The molecule has 0 bridgehead atoms. The van der Waals surface area contributed by atoms with Gasteiger partial charge in [0.25, 0.3) is 5.91 Å². The first-order valence-electron chi connectivity index (χ1n) is 11.4. The van der Waals surface area contributed by atoms with Crippen LogP contribution in [0.15, 0.2) is 30.3 Å². The quantitative estimate of drug-likeness (QED) is 0.506. The molecule has 2 amide bonds. The van der Waals surface area contributed by atoms with Gasteiger partial charge in [-0.25, -0.2) is 0 Å². The number of aromatic nitrogens is 2. The van der Waals surface area contributed by atoms with E-state index < -0.39 is 0 Å². The molecule has 1 aromatic carbocycles. The van der Waals surface area contributed by atoms with Crippen molar-refractivity contribution in [2.24, 2.45) is 0 Å². The predicted molar refractivity (Wildman–Crippen MR) is 133 cm³/mol. The number of fused-ring (bicyclic) bond motifs is 1. The van der Waals surface area contributed by atoms with Crippen LogP contribution in [0.25, 0.3) is 10.2 Å². The first-order valence-corrected chi connectivity index (χ1v) is 12.6. The van der Waals surface area contributed by atoms with Crippen molar-refractivity contribution in [1.82, 2.24) is 25.3 Å². The van der Waals surface area contributed by atoms with Crippen LogP contribution in [0.3, 0.4) is 0 Å². The number of carbonyl (C=O) groups excluding carboxylic acids is 2. The lowest BCUT2D eigenvalue weighted by atomic mass is 10.0. The highest BCUT2D eigenvalue weighted by atomic mass is 35.5. The van der Waals surface area contributed by atoms with E-state index in [1.807, 2.05) is 48.9 Å². The fraction of sp³-hybridized carbons (Fsp3) is 0.458. The molecule has 0 aliphatic carbocycles. The molecule has 3 aromatic rings. The van der Waals surface area contributed by atoms with Crippen LogP contribution < -0.4 is 10.6 Å². The summed E-state index contributed by atoms with van der Waals surface area (Å²) in [5.41, 5.74) is 1.90. The van der Waals surface area contributed by atoms with Crippen LogP contribution >= 0.6 is 22.9 Å². The monoisotopic (exact) mass is 487 g/mol. The second kappa shape index (κ2) is 10.7. The number of thiophene rings is 1. The molecule has 1 aliphatic heterocycles. The third-order valence-corrected chi connectivity index (χ3v) is 7.49. The molecule has 3 heterocycles. The van der Waals surface area contributed by atoms with Crippen LogP contribution in [0.1, 0.15) is 47.1 Å². The van der Waals surface area contributed by atoms with Gasteiger partial charge >= 0.3 is 0 Å². The van der Waals surface area contributed by atoms with Gasteiger partial charge in [0.15, 0.2) is 0 Å². The van der Waals surface area contributed by atoms with Gasteiger partial charge in [-0.1, -0.05) is 36.7 Å². The zero-order valence-corrected chi connectivity index (χ0v) is 20.6. The molecular weight excluding hydrogens is 458 g/mol. The van der Waals surface area contributed by atoms with Gasteiger partial charge in [-0.15, -0.1) is 11.3 Å². The van der Waals surface area contributed by atoms with Gasteiger partial charge in [0.1, 0.15) is 4.83 Å². The number of carbonyl (C=O) groups is 2. The summed E-state index contributed by atoms with van der Waals surface area (Å²) in [7, 11) is 0. The van der Waals surface area contributed by atoms with E-state index >= 15 is 0 Å². The first kappa shape index (κ1) is 23.7. The zero-order valence-electron chi connectivity index (χ0n) is 19.1. The number of rotatable bonds is 8. The first-order chi connectivity index (χ1) is 15.9. The van der Waals surface area contributed by atoms with Crippen molar-refractivity contribution in [1.29, 1.82) is 0 Å². The second-order valence-electron chi connectivity index (χ2n) is 8.54. The molecule has 7 nitrogen and oxygen atoms in total. The minimum absolute atomic E-state index is 0.0426. The molecule has 9 heteroatoms. The van der Waals surface area contributed by atoms with Crippen LogP contribution in [0, 0.1) is 6.92 Å². The summed E-state index contributed by atoms with van der Waals surface area (Å²) in [4.78, 5) is 28.7. The molecule has 0 saturated carbocycles. The van der Waals surface area contributed by atoms with Crippen LogP contribution in [0.4, 0.5) is 0 Å². The molecule has 1 aliphatic rings. The van der Waals surface area contributed by atoms with Crippen molar-refractivity contribution < 1.29 is 9.59 Å². The lowest BCUT2D eigenvalue weighted by molar-refractivity contribution is -0.122. The number of aryl methyl sites for hydroxylation is 1. The van der Waals surface area contributed by atoms with Crippen molar-refractivity contribution in [3.8, 4) is 0 Å². The summed E-state index contributed by atoms with van der Waals surface area (Å²) in [6.07, 6.45) is 2.63. The van der Waals surface area contributed by atoms with E-state index in [-0.39, 0.29) is 17.9 Å². The Morgan fingerprint density at radius 3 is 2.73 bits per heavy atom. The number of hydrogen-bond acceptors (Lipinski definition) is 5. The number of amides is 2. The maximum Gasteiger partial charge on any atom is 0.261 e. The molecule has 1 fully saturated rings. The number of nitrogens with zero attached hydrogens (tertiary/aromatic N) is 3. The number of benzene rings is 1. The SMILES string of the molecule is CCCNC(=O)CN1CCC(NC(=O)c2cc3c(C)nn(Cc4ccccc4Cl)c3s2)CC1. The summed E-state index contributed by atoms with van der Waals surface area (Å²) in [5, 5.41) is 12.5. The molecule has 0 atom stereocenters. The van der Waals surface area contributed by atoms with E-state index in [9.17, 15) is 9.59 Å². The maximum atomic E-state index is 13.0. The van der Waals surface area contributed by atoms with Gasteiger partial charge in [-0.2, -0.15) is 5.10 Å². The zero-order chi connectivity index (χ0) is 23.4. The largest absolute Gasteiger partial charge is 0.355 e. The van der Waals surface area contributed by atoms with Gasteiger partial charge in [0.05, 0.1) is 23.7 Å². The molecule has 0 radical (unpaired) electrons. The normalized spacial score (nSPS) is 15.1. The molecule has 4 rings (SSSR count). The summed E-state index contributed by atoms with van der Waals surface area (Å²) < 4.78 is 1.93.